The zero-order valence-electron chi connectivity index (χ0n) is 14.5. The Bertz CT molecular complexity index is 961. The molecule has 0 fully saturated rings. The number of anilines is 1. The summed E-state index contributed by atoms with van der Waals surface area (Å²) in [6.07, 6.45) is 0. The van der Waals surface area contributed by atoms with Crippen molar-refractivity contribution >= 4 is 28.6 Å². The van der Waals surface area contributed by atoms with Gasteiger partial charge in [0.15, 0.2) is 0 Å². The molecule has 7 heteroatoms. The zero-order chi connectivity index (χ0) is 18.7. The Labute approximate surface area is 150 Å². The molecule has 3 aromatic rings. The molecule has 0 saturated carbocycles. The van der Waals surface area contributed by atoms with Crippen molar-refractivity contribution in [2.45, 2.75) is 13.5 Å². The smallest absolute Gasteiger partial charge is 0.316 e. The van der Waals surface area contributed by atoms with Gasteiger partial charge in [-0.05, 0) is 42.8 Å². The first-order valence-corrected chi connectivity index (χ1v) is 7.98. The summed E-state index contributed by atoms with van der Waals surface area (Å²) in [5.74, 6) is 0.977. The molecule has 4 N–H and O–H groups in total. The second kappa shape index (κ2) is 7.18. The van der Waals surface area contributed by atoms with Crippen LogP contribution in [0.2, 0.25) is 0 Å². The highest BCUT2D eigenvalue weighted by molar-refractivity contribution is 6.07. The molecule has 0 saturated heterocycles. The summed E-state index contributed by atoms with van der Waals surface area (Å²) < 4.78 is 10.9. The summed E-state index contributed by atoms with van der Waals surface area (Å²) in [5.41, 5.74) is 7.68. The summed E-state index contributed by atoms with van der Waals surface area (Å²) in [7, 11) is 1.57. The molecule has 7 nitrogen and oxygen atoms in total. The maximum atomic E-state index is 12.6. The number of carbonyl (C=O) groups is 2. The van der Waals surface area contributed by atoms with Gasteiger partial charge in [0, 0.05) is 17.6 Å². The van der Waals surface area contributed by atoms with Crippen LogP contribution in [0.3, 0.4) is 0 Å². The van der Waals surface area contributed by atoms with Gasteiger partial charge in [-0.15, -0.1) is 0 Å². The van der Waals surface area contributed by atoms with Gasteiger partial charge in [0.2, 0.25) is 0 Å². The van der Waals surface area contributed by atoms with Crippen LogP contribution in [0, 0.1) is 6.92 Å². The Morgan fingerprint density at radius 2 is 1.88 bits per heavy atom. The summed E-state index contributed by atoms with van der Waals surface area (Å²) in [5, 5.41) is 6.07. The Morgan fingerprint density at radius 3 is 2.54 bits per heavy atom. The van der Waals surface area contributed by atoms with Crippen molar-refractivity contribution in [3.8, 4) is 5.75 Å². The van der Waals surface area contributed by atoms with Gasteiger partial charge in [-0.2, -0.15) is 0 Å². The van der Waals surface area contributed by atoms with Crippen LogP contribution in [0.4, 0.5) is 10.5 Å². The van der Waals surface area contributed by atoms with E-state index in [0.29, 0.717) is 40.3 Å². The van der Waals surface area contributed by atoms with E-state index in [2.05, 4.69) is 10.6 Å². The average molecular weight is 353 g/mol. The Kier molecular flexibility index (Phi) is 4.79. The van der Waals surface area contributed by atoms with Gasteiger partial charge >= 0.3 is 6.03 Å². The number of fused-ring (bicyclic) bond motifs is 1. The molecular formula is C19H19N3O4. The van der Waals surface area contributed by atoms with E-state index in [0.717, 1.165) is 5.56 Å². The average Bonchev–Trinajstić information content (AvgIpc) is 2.95. The maximum absolute atomic E-state index is 12.6. The second-order valence-corrected chi connectivity index (χ2v) is 5.76. The van der Waals surface area contributed by atoms with E-state index >= 15 is 0 Å². The normalized spacial score (nSPS) is 10.5. The molecule has 1 aromatic heterocycles. The van der Waals surface area contributed by atoms with Crippen LogP contribution in [0.5, 0.6) is 5.75 Å². The van der Waals surface area contributed by atoms with Gasteiger partial charge < -0.3 is 25.5 Å². The van der Waals surface area contributed by atoms with Crippen LogP contribution in [-0.4, -0.2) is 19.0 Å². The topological polar surface area (TPSA) is 107 Å². The minimum atomic E-state index is -0.621. The predicted octanol–water partition coefficient (Wildman–Crippen LogP) is 3.17. The number of nitrogens with one attached hydrogen (secondary N) is 2. The number of ether oxygens (including phenoxy) is 1. The lowest BCUT2D eigenvalue weighted by molar-refractivity contribution is 0.0951. The van der Waals surface area contributed by atoms with Crippen LogP contribution in [0.25, 0.3) is 11.0 Å². The van der Waals surface area contributed by atoms with E-state index in [1.54, 1.807) is 56.5 Å². The van der Waals surface area contributed by atoms with Gasteiger partial charge in [-0.1, -0.05) is 12.1 Å². The third-order valence-electron chi connectivity index (χ3n) is 3.97. The quantitative estimate of drug-likeness (QED) is 0.655. The maximum Gasteiger partial charge on any atom is 0.316 e. The highest BCUT2D eigenvalue weighted by Gasteiger charge is 2.18. The van der Waals surface area contributed by atoms with Gasteiger partial charge in [0.1, 0.15) is 17.1 Å². The number of aryl methyl sites for hydroxylation is 1. The number of urea groups is 1. The molecule has 134 valence electrons. The molecule has 3 rings (SSSR count). The highest BCUT2D eigenvalue weighted by atomic mass is 16.5. The lowest BCUT2D eigenvalue weighted by atomic mass is 10.1. The number of furan rings is 1. The fraction of sp³-hybridized carbons (Fsp3) is 0.158. The summed E-state index contributed by atoms with van der Waals surface area (Å²) in [6, 6.07) is 11.8. The molecule has 0 aliphatic carbocycles. The first-order chi connectivity index (χ1) is 12.5. The third-order valence-corrected chi connectivity index (χ3v) is 3.97. The van der Waals surface area contributed by atoms with Crippen molar-refractivity contribution in [3.63, 3.8) is 0 Å². The molecule has 0 atom stereocenters. The molecule has 0 spiro atoms. The van der Waals surface area contributed by atoms with Crippen LogP contribution in [0.1, 0.15) is 21.7 Å². The number of carbonyl (C=O) groups excluding carboxylic acids is 2. The largest absolute Gasteiger partial charge is 0.497 e. The van der Waals surface area contributed by atoms with Crippen LogP contribution < -0.4 is 21.1 Å². The zero-order valence-corrected chi connectivity index (χ0v) is 14.5. The van der Waals surface area contributed by atoms with Gasteiger partial charge in [0.25, 0.3) is 5.91 Å². The molecule has 2 aromatic carbocycles. The second-order valence-electron chi connectivity index (χ2n) is 5.76. The first kappa shape index (κ1) is 17.3. The molecule has 26 heavy (non-hydrogen) atoms. The predicted molar refractivity (Wildman–Crippen MR) is 98.3 cm³/mol. The minimum Gasteiger partial charge on any atom is -0.497 e. The van der Waals surface area contributed by atoms with Crippen molar-refractivity contribution in [1.29, 1.82) is 0 Å². The minimum absolute atomic E-state index is 0.228. The van der Waals surface area contributed by atoms with Gasteiger partial charge in [0.05, 0.1) is 12.7 Å². The molecule has 0 bridgehead atoms. The van der Waals surface area contributed by atoms with E-state index in [1.165, 1.54) is 0 Å². The van der Waals surface area contributed by atoms with Crippen molar-refractivity contribution < 1.29 is 18.7 Å². The molecule has 0 aliphatic heterocycles. The molecule has 0 aliphatic rings. The molecule has 3 amide bonds. The first-order valence-electron chi connectivity index (χ1n) is 7.98. The molecule has 0 radical (unpaired) electrons. The molecule has 0 unspecified atom stereocenters. The Balaban J connectivity index is 1.75. The van der Waals surface area contributed by atoms with E-state index in [4.69, 9.17) is 14.9 Å². The fourth-order valence-corrected chi connectivity index (χ4v) is 2.73. The number of hydrogen-bond donors (Lipinski definition) is 3. The van der Waals surface area contributed by atoms with Gasteiger partial charge in [-0.3, -0.25) is 4.79 Å². The number of amides is 3. The van der Waals surface area contributed by atoms with Crippen molar-refractivity contribution in [1.82, 2.24) is 5.32 Å². The van der Waals surface area contributed by atoms with Crippen LogP contribution in [0.15, 0.2) is 46.9 Å². The van der Waals surface area contributed by atoms with Gasteiger partial charge in [-0.25, -0.2) is 4.79 Å². The fourth-order valence-electron chi connectivity index (χ4n) is 2.73. The lowest BCUT2D eigenvalue weighted by Crippen LogP contribution is -2.23. The van der Waals surface area contributed by atoms with Crippen molar-refractivity contribution in [2.24, 2.45) is 5.73 Å². The Hall–Kier alpha value is -3.48. The summed E-state index contributed by atoms with van der Waals surface area (Å²) in [6.45, 7) is 2.09. The van der Waals surface area contributed by atoms with Crippen LogP contribution in [-0.2, 0) is 6.54 Å². The lowest BCUT2D eigenvalue weighted by Gasteiger charge is -2.07. The molecule has 1 heterocycles. The van der Waals surface area contributed by atoms with Crippen molar-refractivity contribution in [3.05, 3.63) is 59.4 Å². The number of hydrogen-bond acceptors (Lipinski definition) is 4. The van der Waals surface area contributed by atoms with E-state index < -0.39 is 6.03 Å². The van der Waals surface area contributed by atoms with E-state index in [-0.39, 0.29) is 5.91 Å². The number of primary amides is 1. The standard InChI is InChI=1S/C19H19N3O4/c1-11-17(15-9-14(25-2)7-8-16(15)26-11)18(23)21-10-12-3-5-13(6-4-12)22-19(20)24/h3-9H,10H2,1-2H3,(H,21,23)(H3,20,22,24). The number of methoxy groups -OCH3 is 1. The van der Waals surface area contributed by atoms with E-state index in [9.17, 15) is 9.59 Å². The van der Waals surface area contributed by atoms with Crippen LogP contribution >= 0.6 is 0 Å². The number of nitrogens with two attached hydrogens (primary N) is 1. The number of benzene rings is 2. The third kappa shape index (κ3) is 3.61. The summed E-state index contributed by atoms with van der Waals surface area (Å²) in [4.78, 5) is 23.5. The molecular weight excluding hydrogens is 334 g/mol. The Morgan fingerprint density at radius 1 is 1.15 bits per heavy atom. The van der Waals surface area contributed by atoms with Crippen molar-refractivity contribution in [2.75, 3.05) is 12.4 Å². The summed E-state index contributed by atoms with van der Waals surface area (Å²) >= 11 is 0. The number of rotatable bonds is 5. The highest BCUT2D eigenvalue weighted by Crippen LogP contribution is 2.29. The SMILES string of the molecule is COc1ccc2oc(C)c(C(=O)NCc3ccc(NC(N)=O)cc3)c2c1. The van der Waals surface area contributed by atoms with E-state index in [1.807, 2.05) is 0 Å². The monoisotopic (exact) mass is 353 g/mol.